The minimum absolute atomic E-state index is 0.180. The second kappa shape index (κ2) is 7.52. The summed E-state index contributed by atoms with van der Waals surface area (Å²) in [4.78, 5) is 32.2. The highest BCUT2D eigenvalue weighted by Gasteiger charge is 2.21. The van der Waals surface area contributed by atoms with Crippen molar-refractivity contribution in [2.75, 3.05) is 5.32 Å². The zero-order chi connectivity index (χ0) is 20.8. The number of carbonyl (C=O) groups excluding carboxylic acids is 1. The number of benzene rings is 1. The Balaban J connectivity index is 1.52. The Kier molecular flexibility index (Phi) is 4.83. The van der Waals surface area contributed by atoms with Gasteiger partial charge in [-0.05, 0) is 55.9 Å². The minimum Gasteiger partial charge on any atom is -0.324 e. The van der Waals surface area contributed by atoms with Crippen LogP contribution in [0, 0.1) is 6.92 Å². The molecular weight excluding hydrogens is 422 g/mol. The Morgan fingerprint density at radius 1 is 1.27 bits per heavy atom. The van der Waals surface area contributed by atoms with E-state index >= 15 is 0 Å². The molecule has 5 rings (SSSR count). The molecule has 1 aromatic carbocycles. The van der Waals surface area contributed by atoms with Crippen LogP contribution in [-0.2, 0) is 24.2 Å². The van der Waals surface area contributed by atoms with Gasteiger partial charge in [0.1, 0.15) is 17.7 Å². The van der Waals surface area contributed by atoms with E-state index in [4.69, 9.17) is 11.6 Å². The molecule has 1 amide bonds. The van der Waals surface area contributed by atoms with Gasteiger partial charge in [0.25, 0.3) is 0 Å². The smallest absolute Gasteiger partial charge is 0.324 e. The summed E-state index contributed by atoms with van der Waals surface area (Å²) in [6.45, 7) is 1.70. The van der Waals surface area contributed by atoms with Gasteiger partial charge < -0.3 is 5.32 Å². The van der Waals surface area contributed by atoms with Crippen molar-refractivity contribution in [3.63, 3.8) is 0 Å². The predicted molar refractivity (Wildman–Crippen MR) is 119 cm³/mol. The highest BCUT2D eigenvalue weighted by Crippen LogP contribution is 2.36. The first-order valence-electron chi connectivity index (χ1n) is 9.95. The number of fused-ring (bicyclic) bond motifs is 5. The van der Waals surface area contributed by atoms with Gasteiger partial charge in [0.05, 0.1) is 5.39 Å². The molecule has 0 saturated carbocycles. The number of hydrogen-bond acceptors (Lipinski definition) is 5. The van der Waals surface area contributed by atoms with Gasteiger partial charge in [-0.25, -0.2) is 18.9 Å². The molecular formula is C21H20ClN5O2S. The van der Waals surface area contributed by atoms with Crippen molar-refractivity contribution in [1.82, 2.24) is 19.2 Å². The Morgan fingerprint density at radius 3 is 2.97 bits per heavy atom. The van der Waals surface area contributed by atoms with Gasteiger partial charge in [0, 0.05) is 15.6 Å². The molecule has 0 atom stereocenters. The van der Waals surface area contributed by atoms with Crippen molar-refractivity contribution >= 4 is 50.4 Å². The van der Waals surface area contributed by atoms with Crippen LogP contribution in [0.15, 0.2) is 29.3 Å². The number of nitrogens with one attached hydrogen (secondary N) is 1. The van der Waals surface area contributed by atoms with Crippen molar-refractivity contribution in [2.45, 2.75) is 45.6 Å². The highest BCUT2D eigenvalue weighted by molar-refractivity contribution is 7.19. The standard InChI is InChI=1S/C21H20ClN5O2S/c1-12-7-8-13(22)9-15(12)24-17(28)10-27-21(29)26-11-23-20-18(19(26)25-27)14-5-3-2-4-6-16(14)30-20/h7-9,11H,2-6,10H2,1H3,(H,24,28). The molecule has 1 aliphatic carbocycles. The lowest BCUT2D eigenvalue weighted by Crippen LogP contribution is -2.28. The van der Waals surface area contributed by atoms with E-state index in [0.29, 0.717) is 16.4 Å². The summed E-state index contributed by atoms with van der Waals surface area (Å²) in [6, 6.07) is 5.29. The fourth-order valence-electron chi connectivity index (χ4n) is 4.01. The Bertz CT molecular complexity index is 1350. The highest BCUT2D eigenvalue weighted by atomic mass is 35.5. The first kappa shape index (κ1) is 19.3. The first-order valence-corrected chi connectivity index (χ1v) is 11.1. The number of nitrogens with zero attached hydrogens (tertiary/aromatic N) is 4. The van der Waals surface area contributed by atoms with E-state index in [1.807, 2.05) is 13.0 Å². The van der Waals surface area contributed by atoms with Gasteiger partial charge in [-0.15, -0.1) is 16.4 Å². The lowest BCUT2D eigenvalue weighted by Gasteiger charge is -2.08. The van der Waals surface area contributed by atoms with Gasteiger partial charge in [-0.1, -0.05) is 24.1 Å². The first-order chi connectivity index (χ1) is 14.5. The van der Waals surface area contributed by atoms with Crippen LogP contribution in [0.25, 0.3) is 15.9 Å². The third-order valence-corrected chi connectivity index (χ3v) is 6.99. The van der Waals surface area contributed by atoms with Crippen molar-refractivity contribution < 1.29 is 4.79 Å². The summed E-state index contributed by atoms with van der Waals surface area (Å²) in [6.07, 6.45) is 7.07. The molecule has 0 radical (unpaired) electrons. The number of anilines is 1. The number of amides is 1. The molecule has 0 aliphatic heterocycles. The van der Waals surface area contributed by atoms with Crippen LogP contribution in [0.3, 0.4) is 0 Å². The molecule has 0 unspecified atom stereocenters. The lowest BCUT2D eigenvalue weighted by atomic mass is 10.1. The van der Waals surface area contributed by atoms with Crippen LogP contribution in [0.4, 0.5) is 5.69 Å². The average Bonchev–Trinajstić information content (AvgIpc) is 3.12. The van der Waals surface area contributed by atoms with E-state index < -0.39 is 0 Å². The van der Waals surface area contributed by atoms with E-state index in [1.165, 1.54) is 38.7 Å². The fraction of sp³-hybridized carbons (Fsp3) is 0.333. The second-order valence-electron chi connectivity index (χ2n) is 7.63. The summed E-state index contributed by atoms with van der Waals surface area (Å²) in [5.41, 5.74) is 2.99. The van der Waals surface area contributed by atoms with E-state index in [1.54, 1.807) is 23.5 Å². The number of aryl methyl sites for hydroxylation is 3. The Labute approximate surface area is 181 Å². The largest absolute Gasteiger partial charge is 0.352 e. The van der Waals surface area contributed by atoms with Crippen LogP contribution in [0.2, 0.25) is 5.02 Å². The molecule has 0 spiro atoms. The maximum absolute atomic E-state index is 12.9. The average molecular weight is 442 g/mol. The molecule has 4 aromatic rings. The van der Waals surface area contributed by atoms with Crippen molar-refractivity contribution in [3.8, 4) is 0 Å². The normalized spacial score (nSPS) is 14.1. The Morgan fingerprint density at radius 2 is 2.10 bits per heavy atom. The third-order valence-electron chi connectivity index (χ3n) is 5.55. The summed E-state index contributed by atoms with van der Waals surface area (Å²) in [7, 11) is 0. The zero-order valence-electron chi connectivity index (χ0n) is 16.4. The van der Waals surface area contributed by atoms with Crippen LogP contribution >= 0.6 is 22.9 Å². The van der Waals surface area contributed by atoms with Gasteiger partial charge >= 0.3 is 5.69 Å². The summed E-state index contributed by atoms with van der Waals surface area (Å²) >= 11 is 7.72. The number of aromatic nitrogens is 4. The van der Waals surface area contributed by atoms with E-state index in [-0.39, 0.29) is 18.1 Å². The molecule has 9 heteroatoms. The molecule has 7 nitrogen and oxygen atoms in total. The van der Waals surface area contributed by atoms with Gasteiger partial charge in [-0.2, -0.15) is 0 Å². The topological polar surface area (TPSA) is 81.3 Å². The second-order valence-corrected chi connectivity index (χ2v) is 9.15. The maximum atomic E-state index is 12.9. The molecule has 3 heterocycles. The van der Waals surface area contributed by atoms with Gasteiger partial charge in [0.15, 0.2) is 5.65 Å². The van der Waals surface area contributed by atoms with Crippen molar-refractivity contribution in [3.05, 3.63) is 56.0 Å². The van der Waals surface area contributed by atoms with E-state index in [0.717, 1.165) is 35.0 Å². The number of hydrogen-bond donors (Lipinski definition) is 1. The monoisotopic (exact) mass is 441 g/mol. The SMILES string of the molecule is Cc1ccc(Cl)cc1NC(=O)Cn1nc2c3c4c(sc3ncn2c1=O)CCCCC4. The van der Waals surface area contributed by atoms with Crippen molar-refractivity contribution in [2.24, 2.45) is 0 Å². The predicted octanol–water partition coefficient (Wildman–Crippen LogP) is 3.98. The van der Waals surface area contributed by atoms with Crippen LogP contribution in [-0.4, -0.2) is 25.1 Å². The summed E-state index contributed by atoms with van der Waals surface area (Å²) < 4.78 is 2.64. The van der Waals surface area contributed by atoms with Crippen LogP contribution in [0.1, 0.15) is 35.3 Å². The maximum Gasteiger partial charge on any atom is 0.352 e. The number of rotatable bonds is 3. The quantitative estimate of drug-likeness (QED) is 0.487. The molecule has 30 heavy (non-hydrogen) atoms. The summed E-state index contributed by atoms with van der Waals surface area (Å²) in [5, 5.41) is 8.83. The van der Waals surface area contributed by atoms with Gasteiger partial charge in [-0.3, -0.25) is 4.79 Å². The van der Waals surface area contributed by atoms with Crippen LogP contribution in [0.5, 0.6) is 0 Å². The fourth-order valence-corrected chi connectivity index (χ4v) is 5.41. The summed E-state index contributed by atoms with van der Waals surface area (Å²) in [5.74, 6) is -0.334. The molecule has 0 saturated heterocycles. The number of halogens is 1. The van der Waals surface area contributed by atoms with E-state index in [2.05, 4.69) is 15.4 Å². The number of carbonyl (C=O) groups is 1. The van der Waals surface area contributed by atoms with Crippen LogP contribution < -0.4 is 11.0 Å². The van der Waals surface area contributed by atoms with Gasteiger partial charge in [0.2, 0.25) is 5.91 Å². The molecule has 3 aromatic heterocycles. The van der Waals surface area contributed by atoms with E-state index in [9.17, 15) is 9.59 Å². The molecule has 0 fully saturated rings. The lowest BCUT2D eigenvalue weighted by molar-refractivity contribution is -0.117. The minimum atomic E-state index is -0.370. The van der Waals surface area contributed by atoms with Crippen molar-refractivity contribution in [1.29, 1.82) is 0 Å². The molecule has 1 aliphatic rings. The molecule has 1 N–H and O–H groups in total. The zero-order valence-corrected chi connectivity index (χ0v) is 18.0. The molecule has 0 bridgehead atoms. The third kappa shape index (κ3) is 3.30. The number of thiophene rings is 1. The Hall–Kier alpha value is -2.71. The molecule has 154 valence electrons.